The first-order valence-electron chi connectivity index (χ1n) is 10.5. The van der Waals surface area contributed by atoms with Crippen LogP contribution in [-0.2, 0) is 16.5 Å². The molecule has 7 nitrogen and oxygen atoms in total. The molecular formula is C25H25N3O4. The number of benzene rings is 2. The maximum Gasteiger partial charge on any atom is 0.407 e. The van der Waals surface area contributed by atoms with Gasteiger partial charge in [-0.3, -0.25) is 4.68 Å². The summed E-state index contributed by atoms with van der Waals surface area (Å²) in [5.41, 5.74) is 5.81. The van der Waals surface area contributed by atoms with Gasteiger partial charge in [-0.15, -0.1) is 0 Å². The molecule has 7 heteroatoms. The first-order valence-corrected chi connectivity index (χ1v) is 10.5. The van der Waals surface area contributed by atoms with Crippen LogP contribution >= 0.6 is 0 Å². The number of rotatable bonds is 7. The average Bonchev–Trinajstić information content (AvgIpc) is 3.34. The van der Waals surface area contributed by atoms with E-state index in [2.05, 4.69) is 34.7 Å². The lowest BCUT2D eigenvalue weighted by atomic mass is 9.98. The van der Waals surface area contributed by atoms with E-state index in [4.69, 9.17) is 9.47 Å². The zero-order valence-corrected chi connectivity index (χ0v) is 18.1. The van der Waals surface area contributed by atoms with Crippen LogP contribution in [0, 0.1) is 0 Å². The van der Waals surface area contributed by atoms with Crippen LogP contribution in [0.15, 0.2) is 60.8 Å². The normalized spacial score (nSPS) is 12.4. The van der Waals surface area contributed by atoms with Crippen LogP contribution in [0.3, 0.4) is 0 Å². The predicted octanol–water partition coefficient (Wildman–Crippen LogP) is 4.15. The Hall–Kier alpha value is -3.87. The van der Waals surface area contributed by atoms with Crippen LogP contribution in [0.25, 0.3) is 17.2 Å². The third-order valence-electron chi connectivity index (χ3n) is 5.57. The van der Waals surface area contributed by atoms with Gasteiger partial charge >= 0.3 is 12.1 Å². The smallest absolute Gasteiger partial charge is 0.407 e. The first kappa shape index (κ1) is 21.4. The van der Waals surface area contributed by atoms with Gasteiger partial charge in [0.25, 0.3) is 0 Å². The molecule has 164 valence electrons. The number of ether oxygens (including phenoxy) is 2. The third kappa shape index (κ3) is 4.27. The number of nitrogens with one attached hydrogen (secondary N) is 1. The van der Waals surface area contributed by atoms with E-state index in [1.54, 1.807) is 19.3 Å². The van der Waals surface area contributed by atoms with Crippen molar-refractivity contribution in [2.75, 3.05) is 20.3 Å². The van der Waals surface area contributed by atoms with Gasteiger partial charge in [0, 0.05) is 25.1 Å². The molecule has 0 saturated carbocycles. The molecule has 0 bridgehead atoms. The molecule has 0 saturated heterocycles. The molecule has 0 atom stereocenters. The summed E-state index contributed by atoms with van der Waals surface area (Å²) in [6, 6.07) is 16.5. The summed E-state index contributed by atoms with van der Waals surface area (Å²) in [6.45, 7) is 0.703. The number of nitrogens with zero attached hydrogens (tertiary/aromatic N) is 2. The standard InChI is InChI=1S/C25H25N3O4/c1-28-23(24(29)31-2)17(15-27-28)9-7-8-14-26-25(30)32-16-22-20-12-5-3-10-18(20)19-11-4-6-13-21(19)22/h3-7,9-13,15,22H,8,14,16H2,1-2H3,(H,26,30). The minimum atomic E-state index is -0.447. The van der Waals surface area contributed by atoms with Gasteiger partial charge in [0.05, 0.1) is 13.3 Å². The summed E-state index contributed by atoms with van der Waals surface area (Å²) in [6.07, 6.45) is 5.39. The van der Waals surface area contributed by atoms with Crippen LogP contribution in [0.5, 0.6) is 0 Å². The Kier molecular flexibility index (Phi) is 6.35. The Labute approximate surface area is 186 Å². The molecule has 32 heavy (non-hydrogen) atoms. The zero-order valence-electron chi connectivity index (χ0n) is 18.1. The highest BCUT2D eigenvalue weighted by atomic mass is 16.5. The van der Waals surface area contributed by atoms with Crippen molar-refractivity contribution < 1.29 is 19.1 Å². The number of aromatic nitrogens is 2. The number of esters is 1. The lowest BCUT2D eigenvalue weighted by Gasteiger charge is -2.14. The molecule has 0 fully saturated rings. The van der Waals surface area contributed by atoms with Crippen molar-refractivity contribution in [1.29, 1.82) is 0 Å². The predicted molar refractivity (Wildman–Crippen MR) is 121 cm³/mol. The molecule has 4 rings (SSSR count). The SMILES string of the molecule is COC(=O)c1c(C=CCCNC(=O)OCC2c3ccccc3-c3ccccc32)cnn1C. The summed E-state index contributed by atoms with van der Waals surface area (Å²) in [4.78, 5) is 24.0. The van der Waals surface area contributed by atoms with E-state index >= 15 is 0 Å². The monoisotopic (exact) mass is 431 g/mol. The Bertz CT molecular complexity index is 1120. The number of methoxy groups -OCH3 is 1. The summed E-state index contributed by atoms with van der Waals surface area (Å²) in [7, 11) is 3.02. The summed E-state index contributed by atoms with van der Waals surface area (Å²) in [5, 5.41) is 6.85. The minimum absolute atomic E-state index is 0.0374. The number of aryl methyl sites for hydroxylation is 1. The topological polar surface area (TPSA) is 82.4 Å². The van der Waals surface area contributed by atoms with Crippen molar-refractivity contribution in [2.45, 2.75) is 12.3 Å². The molecule has 1 N–H and O–H groups in total. The number of carbonyl (C=O) groups excluding carboxylic acids is 2. The van der Waals surface area contributed by atoms with Crippen LogP contribution in [-0.4, -0.2) is 42.1 Å². The number of alkyl carbamates (subject to hydrolysis) is 1. The van der Waals surface area contributed by atoms with Gasteiger partial charge in [-0.05, 0) is 28.7 Å². The summed E-state index contributed by atoms with van der Waals surface area (Å²) >= 11 is 0. The lowest BCUT2D eigenvalue weighted by Crippen LogP contribution is -2.26. The Balaban J connectivity index is 1.28. The fourth-order valence-electron chi connectivity index (χ4n) is 4.04. The molecule has 2 aromatic carbocycles. The summed E-state index contributed by atoms with van der Waals surface area (Å²) in [5.74, 6) is -0.406. The maximum absolute atomic E-state index is 12.2. The van der Waals surface area contributed by atoms with Crippen molar-refractivity contribution in [3.63, 3.8) is 0 Å². The van der Waals surface area contributed by atoms with Crippen LogP contribution in [0.4, 0.5) is 4.79 Å². The molecule has 0 unspecified atom stereocenters. The van der Waals surface area contributed by atoms with Gasteiger partial charge in [-0.1, -0.05) is 60.7 Å². The lowest BCUT2D eigenvalue weighted by molar-refractivity contribution is 0.0588. The third-order valence-corrected chi connectivity index (χ3v) is 5.57. The van der Waals surface area contributed by atoms with Gasteiger partial charge < -0.3 is 14.8 Å². The second-order valence-corrected chi connectivity index (χ2v) is 7.51. The molecule has 1 heterocycles. The number of amides is 1. The number of hydrogen-bond donors (Lipinski definition) is 1. The molecule has 1 aliphatic carbocycles. The Morgan fingerprint density at radius 1 is 1.09 bits per heavy atom. The quantitative estimate of drug-likeness (QED) is 0.449. The average molecular weight is 431 g/mol. The second kappa shape index (κ2) is 9.51. The molecular weight excluding hydrogens is 406 g/mol. The molecule has 0 aliphatic heterocycles. The van der Waals surface area contributed by atoms with Crippen molar-refractivity contribution >= 4 is 18.1 Å². The summed E-state index contributed by atoms with van der Waals surface area (Å²) < 4.78 is 11.8. The van der Waals surface area contributed by atoms with E-state index < -0.39 is 12.1 Å². The molecule has 1 aliphatic rings. The van der Waals surface area contributed by atoms with E-state index in [1.165, 1.54) is 34.0 Å². The van der Waals surface area contributed by atoms with E-state index in [9.17, 15) is 9.59 Å². The molecule has 1 amide bonds. The van der Waals surface area contributed by atoms with E-state index in [1.807, 2.05) is 30.3 Å². The molecule has 0 radical (unpaired) electrons. The first-order chi connectivity index (χ1) is 15.6. The van der Waals surface area contributed by atoms with Crippen molar-refractivity contribution in [3.8, 4) is 11.1 Å². The second-order valence-electron chi connectivity index (χ2n) is 7.51. The van der Waals surface area contributed by atoms with Gasteiger partial charge in [0.15, 0.2) is 5.69 Å². The highest BCUT2D eigenvalue weighted by molar-refractivity contribution is 5.91. The van der Waals surface area contributed by atoms with Gasteiger partial charge in [0.1, 0.15) is 6.61 Å². The van der Waals surface area contributed by atoms with Crippen LogP contribution in [0.1, 0.15) is 39.5 Å². The fourth-order valence-corrected chi connectivity index (χ4v) is 4.04. The van der Waals surface area contributed by atoms with Crippen molar-refractivity contribution in [1.82, 2.24) is 15.1 Å². The molecule has 3 aromatic rings. The van der Waals surface area contributed by atoms with Crippen molar-refractivity contribution in [2.24, 2.45) is 7.05 Å². The van der Waals surface area contributed by atoms with E-state index in [-0.39, 0.29) is 12.5 Å². The largest absolute Gasteiger partial charge is 0.464 e. The highest BCUT2D eigenvalue weighted by Gasteiger charge is 2.28. The Morgan fingerprint density at radius 3 is 2.41 bits per heavy atom. The highest BCUT2D eigenvalue weighted by Crippen LogP contribution is 2.44. The number of hydrogen-bond acceptors (Lipinski definition) is 5. The van der Waals surface area contributed by atoms with Crippen LogP contribution in [0.2, 0.25) is 0 Å². The van der Waals surface area contributed by atoms with Crippen molar-refractivity contribution in [3.05, 3.63) is 83.2 Å². The van der Waals surface area contributed by atoms with E-state index in [0.29, 0.717) is 24.2 Å². The van der Waals surface area contributed by atoms with Crippen LogP contribution < -0.4 is 5.32 Å². The zero-order chi connectivity index (χ0) is 22.5. The number of carbonyl (C=O) groups is 2. The number of fused-ring (bicyclic) bond motifs is 3. The molecule has 0 spiro atoms. The van der Waals surface area contributed by atoms with Gasteiger partial charge in [0.2, 0.25) is 0 Å². The maximum atomic E-state index is 12.2. The fraction of sp³-hybridized carbons (Fsp3) is 0.240. The Morgan fingerprint density at radius 2 is 1.75 bits per heavy atom. The minimum Gasteiger partial charge on any atom is -0.464 e. The van der Waals surface area contributed by atoms with E-state index in [0.717, 1.165) is 0 Å². The van der Waals surface area contributed by atoms with Gasteiger partial charge in [-0.25, -0.2) is 9.59 Å². The van der Waals surface area contributed by atoms with Gasteiger partial charge in [-0.2, -0.15) is 5.10 Å². The molecule has 1 aromatic heterocycles.